The summed E-state index contributed by atoms with van der Waals surface area (Å²) in [5.74, 6) is -1.74. The summed E-state index contributed by atoms with van der Waals surface area (Å²) in [4.78, 5) is 38.3. The monoisotopic (exact) mass is 538 g/mol. The zero-order valence-electron chi connectivity index (χ0n) is 21.5. The predicted molar refractivity (Wildman–Crippen MR) is 136 cm³/mol. The molecule has 0 saturated heterocycles. The highest BCUT2D eigenvalue weighted by atomic mass is 32.2. The lowest BCUT2D eigenvalue weighted by atomic mass is 10.1. The van der Waals surface area contributed by atoms with Crippen molar-refractivity contribution in [1.82, 2.24) is 10.2 Å². The van der Waals surface area contributed by atoms with Crippen LogP contribution in [0.1, 0.15) is 33.3 Å². The average molecular weight is 539 g/mol. The van der Waals surface area contributed by atoms with E-state index in [1.165, 1.54) is 44.4 Å². The summed E-state index contributed by atoms with van der Waals surface area (Å²) in [5.41, 5.74) is -0.714. The number of nitro groups is 1. The van der Waals surface area contributed by atoms with Crippen LogP contribution in [0.25, 0.3) is 0 Å². The molecule has 0 heterocycles. The molecule has 0 aliphatic heterocycles. The maximum Gasteiger partial charge on any atom is 0.271 e. The number of hydrogen-bond acceptors (Lipinski definition) is 7. The molecule has 1 atom stereocenters. The van der Waals surface area contributed by atoms with Crippen LogP contribution in [0.5, 0.6) is 5.75 Å². The van der Waals surface area contributed by atoms with Crippen molar-refractivity contribution in [3.05, 3.63) is 64.0 Å². The summed E-state index contributed by atoms with van der Waals surface area (Å²) < 4.78 is 44.8. The minimum absolute atomic E-state index is 0.00701. The van der Waals surface area contributed by atoms with E-state index in [1.807, 2.05) is 0 Å². The first kappa shape index (κ1) is 29.5. The van der Waals surface area contributed by atoms with Gasteiger partial charge in [-0.15, -0.1) is 0 Å². The number of ether oxygens (including phenoxy) is 1. The van der Waals surface area contributed by atoms with Crippen LogP contribution in [-0.4, -0.2) is 61.5 Å². The Kier molecular flexibility index (Phi) is 9.20. The molecule has 0 spiro atoms. The first-order valence-corrected chi connectivity index (χ1v) is 13.0. The largest absolute Gasteiger partial charge is 0.495 e. The van der Waals surface area contributed by atoms with Crippen molar-refractivity contribution < 1.29 is 32.1 Å². The summed E-state index contributed by atoms with van der Waals surface area (Å²) in [6.07, 6.45) is 0.846. The van der Waals surface area contributed by atoms with Crippen molar-refractivity contribution in [2.24, 2.45) is 0 Å². The number of rotatable bonds is 10. The Morgan fingerprint density at radius 3 is 2.24 bits per heavy atom. The van der Waals surface area contributed by atoms with Crippen LogP contribution >= 0.6 is 0 Å². The summed E-state index contributed by atoms with van der Waals surface area (Å²) in [7, 11) is -2.89. The molecule has 37 heavy (non-hydrogen) atoms. The third kappa shape index (κ3) is 8.13. The Morgan fingerprint density at radius 1 is 1.16 bits per heavy atom. The number of halogens is 1. The molecule has 202 valence electrons. The zero-order valence-corrected chi connectivity index (χ0v) is 22.3. The number of carbonyl (C=O) groups excluding carboxylic acids is 2. The molecule has 1 N–H and O–H groups in total. The lowest BCUT2D eigenvalue weighted by Crippen LogP contribution is -2.54. The molecular formula is C24H31FN4O7S. The van der Waals surface area contributed by atoms with Crippen molar-refractivity contribution in [1.29, 1.82) is 0 Å². The third-order valence-electron chi connectivity index (χ3n) is 5.25. The Balaban J connectivity index is 2.52. The fourth-order valence-electron chi connectivity index (χ4n) is 3.42. The van der Waals surface area contributed by atoms with E-state index in [4.69, 9.17) is 4.74 Å². The van der Waals surface area contributed by atoms with Gasteiger partial charge in [-0.3, -0.25) is 24.0 Å². The zero-order chi connectivity index (χ0) is 28.1. The van der Waals surface area contributed by atoms with E-state index in [0.717, 1.165) is 23.3 Å². The first-order chi connectivity index (χ1) is 17.0. The second-order valence-corrected chi connectivity index (χ2v) is 11.4. The van der Waals surface area contributed by atoms with Gasteiger partial charge in [-0.05, 0) is 51.5 Å². The number of nitrogens with zero attached hydrogens (tertiary/aromatic N) is 3. The molecule has 0 unspecified atom stereocenters. The van der Waals surface area contributed by atoms with E-state index >= 15 is 0 Å². The Morgan fingerprint density at radius 2 is 1.76 bits per heavy atom. The van der Waals surface area contributed by atoms with Crippen LogP contribution in [0.2, 0.25) is 0 Å². The van der Waals surface area contributed by atoms with E-state index in [1.54, 1.807) is 20.8 Å². The summed E-state index contributed by atoms with van der Waals surface area (Å²) in [6.45, 7) is 5.89. The molecule has 0 aromatic heterocycles. The Bertz CT molecular complexity index is 1260. The number of amides is 2. The van der Waals surface area contributed by atoms with Crippen molar-refractivity contribution in [3.63, 3.8) is 0 Å². The summed E-state index contributed by atoms with van der Waals surface area (Å²) >= 11 is 0. The maximum atomic E-state index is 13.6. The number of anilines is 1. The molecule has 13 heteroatoms. The highest BCUT2D eigenvalue weighted by Gasteiger charge is 2.33. The number of nitrogens with one attached hydrogen (secondary N) is 1. The second-order valence-electron chi connectivity index (χ2n) is 9.45. The topological polar surface area (TPSA) is 139 Å². The number of methoxy groups -OCH3 is 1. The van der Waals surface area contributed by atoms with Crippen LogP contribution < -0.4 is 14.4 Å². The molecular weight excluding hydrogens is 507 g/mol. The average Bonchev–Trinajstić information content (AvgIpc) is 2.79. The molecule has 2 amide bonds. The standard InChI is InChI=1S/C24H31FN4O7S/c1-16(23(31)26-24(2,3)4)27(14-17-7-9-18(25)10-8-17)22(30)15-28(37(6,34)35)20-13-19(29(32)33)11-12-21(20)36-5/h7-13,16H,14-15H2,1-6H3,(H,26,31)/t16-/m1/s1. The molecule has 2 aromatic rings. The minimum Gasteiger partial charge on any atom is -0.495 e. The third-order valence-corrected chi connectivity index (χ3v) is 6.38. The van der Waals surface area contributed by atoms with Gasteiger partial charge < -0.3 is 15.0 Å². The lowest BCUT2D eigenvalue weighted by Gasteiger charge is -2.33. The van der Waals surface area contributed by atoms with Crippen molar-refractivity contribution >= 4 is 33.2 Å². The molecule has 2 aromatic carbocycles. The van der Waals surface area contributed by atoms with E-state index in [2.05, 4.69) is 5.32 Å². The van der Waals surface area contributed by atoms with Gasteiger partial charge in [0, 0.05) is 24.2 Å². The predicted octanol–water partition coefficient (Wildman–Crippen LogP) is 2.84. The highest BCUT2D eigenvalue weighted by molar-refractivity contribution is 7.92. The Hall–Kier alpha value is -3.74. The quantitative estimate of drug-likeness (QED) is 0.362. The van der Waals surface area contributed by atoms with E-state index in [0.29, 0.717) is 9.87 Å². The van der Waals surface area contributed by atoms with Gasteiger partial charge in [0.2, 0.25) is 21.8 Å². The molecule has 11 nitrogen and oxygen atoms in total. The van der Waals surface area contributed by atoms with E-state index in [-0.39, 0.29) is 18.0 Å². The summed E-state index contributed by atoms with van der Waals surface area (Å²) in [6, 6.07) is 7.63. The molecule has 0 saturated carbocycles. The van der Waals surface area contributed by atoms with Gasteiger partial charge in [-0.2, -0.15) is 0 Å². The molecule has 0 fully saturated rings. The van der Waals surface area contributed by atoms with E-state index in [9.17, 15) is 32.5 Å². The van der Waals surface area contributed by atoms with Crippen LogP contribution in [0.3, 0.4) is 0 Å². The normalized spacial score (nSPS) is 12.4. The van der Waals surface area contributed by atoms with Gasteiger partial charge in [0.1, 0.15) is 29.8 Å². The molecule has 2 rings (SSSR count). The van der Waals surface area contributed by atoms with Crippen LogP contribution in [-0.2, 0) is 26.2 Å². The number of hydrogen-bond donors (Lipinski definition) is 1. The number of nitro benzene ring substituents is 1. The van der Waals surface area contributed by atoms with Gasteiger partial charge >= 0.3 is 0 Å². The van der Waals surface area contributed by atoms with Crippen LogP contribution in [0.15, 0.2) is 42.5 Å². The van der Waals surface area contributed by atoms with Gasteiger partial charge in [0.05, 0.1) is 18.3 Å². The maximum absolute atomic E-state index is 13.6. The lowest BCUT2D eigenvalue weighted by molar-refractivity contribution is -0.384. The molecule has 0 aliphatic carbocycles. The minimum atomic E-state index is -4.14. The number of sulfonamides is 1. The van der Waals surface area contributed by atoms with Gasteiger partial charge in [-0.1, -0.05) is 12.1 Å². The van der Waals surface area contributed by atoms with Crippen LogP contribution in [0, 0.1) is 15.9 Å². The Labute approximate surface area is 215 Å². The van der Waals surface area contributed by atoms with Gasteiger partial charge in [0.25, 0.3) is 5.69 Å². The van der Waals surface area contributed by atoms with Crippen LogP contribution in [0.4, 0.5) is 15.8 Å². The fraction of sp³-hybridized carbons (Fsp3) is 0.417. The number of carbonyl (C=O) groups is 2. The smallest absolute Gasteiger partial charge is 0.271 e. The highest BCUT2D eigenvalue weighted by Crippen LogP contribution is 2.34. The SMILES string of the molecule is COc1ccc([N+](=O)[O-])cc1N(CC(=O)N(Cc1ccc(F)cc1)[C@H](C)C(=O)NC(C)(C)C)S(C)(=O)=O. The first-order valence-electron chi connectivity index (χ1n) is 11.2. The number of non-ortho nitro benzene ring substituents is 1. The number of benzene rings is 2. The van der Waals surface area contributed by atoms with Crippen molar-refractivity contribution in [2.75, 3.05) is 24.2 Å². The van der Waals surface area contributed by atoms with Crippen molar-refractivity contribution in [3.8, 4) is 5.75 Å². The van der Waals surface area contributed by atoms with Crippen molar-refractivity contribution in [2.45, 2.75) is 45.8 Å². The summed E-state index contributed by atoms with van der Waals surface area (Å²) in [5, 5.41) is 14.1. The fourth-order valence-corrected chi connectivity index (χ4v) is 4.27. The van der Waals surface area contributed by atoms with Gasteiger partial charge in [0.15, 0.2) is 0 Å². The molecule has 0 aliphatic rings. The van der Waals surface area contributed by atoms with Gasteiger partial charge in [-0.25, -0.2) is 12.8 Å². The van der Waals surface area contributed by atoms with E-state index < -0.39 is 56.4 Å². The molecule has 0 bridgehead atoms. The second kappa shape index (κ2) is 11.5. The molecule has 0 radical (unpaired) electrons.